The van der Waals surface area contributed by atoms with Crippen LogP contribution in [0, 0.1) is 0 Å². The molecular formula is C16H22BrN3. The van der Waals surface area contributed by atoms with Gasteiger partial charge in [0.05, 0.1) is 11.4 Å². The predicted molar refractivity (Wildman–Crippen MR) is 87.4 cm³/mol. The molecule has 0 bridgehead atoms. The van der Waals surface area contributed by atoms with E-state index in [0.717, 1.165) is 35.4 Å². The zero-order valence-electron chi connectivity index (χ0n) is 12.4. The van der Waals surface area contributed by atoms with E-state index in [-0.39, 0.29) is 0 Å². The van der Waals surface area contributed by atoms with Gasteiger partial charge in [-0.25, -0.2) is 4.68 Å². The first kappa shape index (κ1) is 15.3. The normalized spacial score (nSPS) is 11.2. The molecule has 2 rings (SSSR count). The Morgan fingerprint density at radius 1 is 1.30 bits per heavy atom. The second-order valence-electron chi connectivity index (χ2n) is 5.29. The minimum Gasteiger partial charge on any atom is -0.313 e. The molecular weight excluding hydrogens is 314 g/mol. The molecule has 0 fully saturated rings. The minimum absolute atomic E-state index is 0.449. The van der Waals surface area contributed by atoms with E-state index in [9.17, 15) is 0 Å². The van der Waals surface area contributed by atoms with Gasteiger partial charge in [0.1, 0.15) is 0 Å². The Balaban J connectivity index is 2.29. The third-order valence-electron chi connectivity index (χ3n) is 3.24. The first-order valence-corrected chi connectivity index (χ1v) is 7.96. The fourth-order valence-electron chi connectivity index (χ4n) is 2.08. The number of benzene rings is 1. The molecule has 0 aliphatic carbocycles. The summed E-state index contributed by atoms with van der Waals surface area (Å²) < 4.78 is 3.05. The summed E-state index contributed by atoms with van der Waals surface area (Å²) in [5.41, 5.74) is 3.52. The summed E-state index contributed by atoms with van der Waals surface area (Å²) >= 11 is 3.55. The van der Waals surface area contributed by atoms with Crippen molar-refractivity contribution in [2.75, 3.05) is 6.54 Å². The highest BCUT2D eigenvalue weighted by Gasteiger charge is 2.09. The quantitative estimate of drug-likeness (QED) is 0.799. The molecule has 0 aliphatic rings. The summed E-state index contributed by atoms with van der Waals surface area (Å²) in [7, 11) is 0. The third kappa shape index (κ3) is 3.70. The van der Waals surface area contributed by atoms with Crippen molar-refractivity contribution < 1.29 is 0 Å². The fourth-order valence-corrected chi connectivity index (χ4v) is 2.43. The number of hydrogen-bond donors (Lipinski definition) is 1. The lowest BCUT2D eigenvalue weighted by molar-refractivity contribution is 0.668. The maximum atomic E-state index is 4.68. The van der Waals surface area contributed by atoms with Gasteiger partial charge in [0.25, 0.3) is 0 Å². The number of halogens is 1. The van der Waals surface area contributed by atoms with E-state index >= 15 is 0 Å². The Morgan fingerprint density at radius 3 is 2.75 bits per heavy atom. The summed E-state index contributed by atoms with van der Waals surface area (Å²) in [5, 5.41) is 8.13. The van der Waals surface area contributed by atoms with Gasteiger partial charge in [-0.1, -0.05) is 42.8 Å². The van der Waals surface area contributed by atoms with Gasteiger partial charge in [-0.3, -0.25) is 0 Å². The highest BCUT2D eigenvalue weighted by Crippen LogP contribution is 2.21. The Morgan fingerprint density at radius 2 is 2.10 bits per heavy atom. The van der Waals surface area contributed by atoms with Gasteiger partial charge in [0.15, 0.2) is 0 Å². The van der Waals surface area contributed by atoms with E-state index < -0.39 is 0 Å². The lowest BCUT2D eigenvalue weighted by atomic mass is 10.1. The number of nitrogens with zero attached hydrogens (tertiary/aromatic N) is 2. The summed E-state index contributed by atoms with van der Waals surface area (Å²) in [6, 6.07) is 8.45. The van der Waals surface area contributed by atoms with Crippen molar-refractivity contribution in [3.63, 3.8) is 0 Å². The Labute approximate surface area is 129 Å². The van der Waals surface area contributed by atoms with Gasteiger partial charge < -0.3 is 5.32 Å². The first-order valence-electron chi connectivity index (χ1n) is 7.17. The standard InChI is InChI=1S/C16H22BrN3/c1-4-8-18-11-13-5-6-14(17)10-16(13)20-9-7-15(19-20)12(2)3/h5-7,9-10,12,18H,4,8,11H2,1-3H3. The van der Waals surface area contributed by atoms with Crippen LogP contribution in [0.2, 0.25) is 0 Å². The van der Waals surface area contributed by atoms with Crippen LogP contribution in [0.4, 0.5) is 0 Å². The third-order valence-corrected chi connectivity index (χ3v) is 3.73. The monoisotopic (exact) mass is 335 g/mol. The van der Waals surface area contributed by atoms with E-state index in [1.807, 2.05) is 10.9 Å². The highest BCUT2D eigenvalue weighted by atomic mass is 79.9. The molecule has 0 saturated heterocycles. The van der Waals surface area contributed by atoms with Crippen molar-refractivity contribution >= 4 is 15.9 Å². The maximum Gasteiger partial charge on any atom is 0.0701 e. The molecule has 0 atom stereocenters. The molecule has 1 aromatic carbocycles. The molecule has 0 unspecified atom stereocenters. The summed E-state index contributed by atoms with van der Waals surface area (Å²) in [5.74, 6) is 0.449. The average Bonchev–Trinajstić information content (AvgIpc) is 2.90. The van der Waals surface area contributed by atoms with Crippen molar-refractivity contribution in [3.8, 4) is 5.69 Å². The predicted octanol–water partition coefficient (Wildman–Crippen LogP) is 4.26. The molecule has 2 aromatic rings. The van der Waals surface area contributed by atoms with Crippen LogP contribution < -0.4 is 5.32 Å². The van der Waals surface area contributed by atoms with Crippen LogP contribution in [-0.4, -0.2) is 16.3 Å². The van der Waals surface area contributed by atoms with Crippen LogP contribution in [0.15, 0.2) is 34.9 Å². The Kier molecular flexibility index (Phi) is 5.38. The van der Waals surface area contributed by atoms with Crippen LogP contribution in [0.25, 0.3) is 5.69 Å². The number of aromatic nitrogens is 2. The van der Waals surface area contributed by atoms with Crippen molar-refractivity contribution in [2.24, 2.45) is 0 Å². The Bertz CT molecular complexity index is 561. The fraction of sp³-hybridized carbons (Fsp3) is 0.438. The summed E-state index contributed by atoms with van der Waals surface area (Å²) in [6.45, 7) is 8.41. The van der Waals surface area contributed by atoms with Gasteiger partial charge >= 0.3 is 0 Å². The molecule has 0 radical (unpaired) electrons. The molecule has 1 N–H and O–H groups in total. The van der Waals surface area contributed by atoms with E-state index in [4.69, 9.17) is 0 Å². The zero-order valence-corrected chi connectivity index (χ0v) is 13.9. The topological polar surface area (TPSA) is 29.9 Å². The first-order chi connectivity index (χ1) is 9.61. The molecule has 0 amide bonds. The highest BCUT2D eigenvalue weighted by molar-refractivity contribution is 9.10. The molecule has 20 heavy (non-hydrogen) atoms. The summed E-state index contributed by atoms with van der Waals surface area (Å²) in [4.78, 5) is 0. The molecule has 0 saturated carbocycles. The molecule has 0 aliphatic heterocycles. The minimum atomic E-state index is 0.449. The van der Waals surface area contributed by atoms with Crippen molar-refractivity contribution in [2.45, 2.75) is 39.7 Å². The molecule has 1 heterocycles. The van der Waals surface area contributed by atoms with Crippen LogP contribution >= 0.6 is 15.9 Å². The average molecular weight is 336 g/mol. The van der Waals surface area contributed by atoms with Gasteiger partial charge in [-0.05, 0) is 42.6 Å². The number of rotatable bonds is 6. The van der Waals surface area contributed by atoms with E-state index in [2.05, 4.69) is 71.4 Å². The van der Waals surface area contributed by atoms with Crippen LogP contribution in [0.1, 0.15) is 44.4 Å². The van der Waals surface area contributed by atoms with Crippen molar-refractivity contribution in [1.29, 1.82) is 0 Å². The summed E-state index contributed by atoms with van der Waals surface area (Å²) in [6.07, 6.45) is 3.19. The molecule has 4 heteroatoms. The van der Waals surface area contributed by atoms with Gasteiger partial charge in [-0.15, -0.1) is 0 Å². The van der Waals surface area contributed by atoms with Crippen LogP contribution in [-0.2, 0) is 6.54 Å². The van der Waals surface area contributed by atoms with Crippen LogP contribution in [0.5, 0.6) is 0 Å². The van der Waals surface area contributed by atoms with Gasteiger partial charge in [0.2, 0.25) is 0 Å². The second kappa shape index (κ2) is 7.04. The van der Waals surface area contributed by atoms with E-state index in [0.29, 0.717) is 5.92 Å². The van der Waals surface area contributed by atoms with Gasteiger partial charge in [0, 0.05) is 17.2 Å². The zero-order chi connectivity index (χ0) is 14.5. The lowest BCUT2D eigenvalue weighted by Gasteiger charge is -2.11. The van der Waals surface area contributed by atoms with Gasteiger partial charge in [-0.2, -0.15) is 5.10 Å². The SMILES string of the molecule is CCCNCc1ccc(Br)cc1-n1ccc(C(C)C)n1. The van der Waals surface area contributed by atoms with Crippen LogP contribution in [0.3, 0.4) is 0 Å². The lowest BCUT2D eigenvalue weighted by Crippen LogP contribution is -2.15. The molecule has 108 valence electrons. The maximum absolute atomic E-state index is 4.68. The second-order valence-corrected chi connectivity index (χ2v) is 6.21. The largest absolute Gasteiger partial charge is 0.313 e. The number of hydrogen-bond acceptors (Lipinski definition) is 2. The molecule has 1 aromatic heterocycles. The smallest absolute Gasteiger partial charge is 0.0701 e. The van der Waals surface area contributed by atoms with E-state index in [1.165, 1.54) is 5.56 Å². The Hall–Kier alpha value is -1.13. The van der Waals surface area contributed by atoms with Crippen molar-refractivity contribution in [3.05, 3.63) is 46.2 Å². The van der Waals surface area contributed by atoms with E-state index in [1.54, 1.807) is 0 Å². The van der Waals surface area contributed by atoms with Crippen molar-refractivity contribution in [1.82, 2.24) is 15.1 Å². The molecule has 0 spiro atoms. The number of nitrogens with one attached hydrogen (secondary N) is 1. The molecule has 3 nitrogen and oxygen atoms in total.